The second kappa shape index (κ2) is 8.37. The van der Waals surface area contributed by atoms with Crippen LogP contribution in [0.3, 0.4) is 0 Å². The topological polar surface area (TPSA) is 72.5 Å². The van der Waals surface area contributed by atoms with E-state index < -0.39 is 22.0 Å². The Morgan fingerprint density at radius 1 is 0.893 bits per heavy atom. The third-order valence-electron chi connectivity index (χ3n) is 4.46. The minimum Gasteiger partial charge on any atom is -0.465 e. The first-order valence-corrected chi connectivity index (χ1v) is 10.2. The highest BCUT2D eigenvalue weighted by atomic mass is 32.2. The molecule has 0 unspecified atom stereocenters. The molecule has 0 aromatic heterocycles. The van der Waals surface area contributed by atoms with Gasteiger partial charge in [-0.3, -0.25) is 0 Å². The smallest absolute Gasteiger partial charge is 0.338 e. The van der Waals surface area contributed by atoms with E-state index in [1.165, 1.54) is 19.2 Å². The van der Waals surface area contributed by atoms with Crippen LogP contribution in [0, 0.1) is 6.92 Å². The zero-order chi connectivity index (χ0) is 20.1. The van der Waals surface area contributed by atoms with E-state index >= 15 is 0 Å². The van der Waals surface area contributed by atoms with Crippen LogP contribution in [0.5, 0.6) is 0 Å². The summed E-state index contributed by atoms with van der Waals surface area (Å²) in [5, 5.41) is 0. The molecule has 0 atom stereocenters. The van der Waals surface area contributed by atoms with Crippen LogP contribution in [0.15, 0.2) is 83.8 Å². The lowest BCUT2D eigenvalue weighted by Gasteiger charge is -2.20. The van der Waals surface area contributed by atoms with Crippen molar-refractivity contribution in [3.8, 4) is 0 Å². The van der Waals surface area contributed by atoms with E-state index in [9.17, 15) is 13.2 Å². The zero-order valence-electron chi connectivity index (χ0n) is 15.6. The van der Waals surface area contributed by atoms with Crippen molar-refractivity contribution in [2.24, 2.45) is 0 Å². The van der Waals surface area contributed by atoms with Crippen molar-refractivity contribution >= 4 is 16.0 Å². The number of hydrogen-bond donors (Lipinski definition) is 1. The highest BCUT2D eigenvalue weighted by molar-refractivity contribution is 7.89. The van der Waals surface area contributed by atoms with Gasteiger partial charge in [-0.15, -0.1) is 0 Å². The average molecular weight is 395 g/mol. The summed E-state index contributed by atoms with van der Waals surface area (Å²) in [6, 6.07) is 22.5. The Kier molecular flexibility index (Phi) is 5.92. The average Bonchev–Trinajstić information content (AvgIpc) is 2.73. The van der Waals surface area contributed by atoms with E-state index in [0.29, 0.717) is 5.56 Å². The van der Waals surface area contributed by atoms with Crippen LogP contribution >= 0.6 is 0 Å². The predicted octanol–water partition coefficient (Wildman–Crippen LogP) is 3.85. The molecule has 0 spiro atoms. The Morgan fingerprint density at radius 2 is 1.43 bits per heavy atom. The Bertz CT molecular complexity index is 1020. The van der Waals surface area contributed by atoms with Gasteiger partial charge >= 0.3 is 5.97 Å². The van der Waals surface area contributed by atoms with Crippen LogP contribution in [-0.4, -0.2) is 21.5 Å². The number of aryl methyl sites for hydroxylation is 1. The summed E-state index contributed by atoms with van der Waals surface area (Å²) in [5.74, 6) is -0.572. The quantitative estimate of drug-likeness (QED) is 0.644. The first kappa shape index (κ1) is 19.8. The van der Waals surface area contributed by atoms with Crippen LogP contribution in [0.2, 0.25) is 0 Å². The van der Waals surface area contributed by atoms with Crippen molar-refractivity contribution in [1.82, 2.24) is 4.72 Å². The van der Waals surface area contributed by atoms with Gasteiger partial charge in [-0.05, 0) is 35.7 Å². The summed E-state index contributed by atoms with van der Waals surface area (Å²) in [6.45, 7) is 1.73. The molecular formula is C22H21NO4S. The normalized spacial score (nSPS) is 11.4. The Balaban J connectivity index is 2.02. The molecule has 0 fully saturated rings. The Labute approximate surface area is 165 Å². The second-order valence-corrected chi connectivity index (χ2v) is 8.06. The van der Waals surface area contributed by atoms with Gasteiger partial charge in [-0.2, -0.15) is 4.72 Å². The molecule has 0 heterocycles. The van der Waals surface area contributed by atoms with Crippen molar-refractivity contribution in [2.45, 2.75) is 17.9 Å². The molecule has 0 saturated heterocycles. The number of hydrogen-bond acceptors (Lipinski definition) is 4. The van der Waals surface area contributed by atoms with Crippen LogP contribution < -0.4 is 4.72 Å². The molecule has 0 aliphatic rings. The maximum Gasteiger partial charge on any atom is 0.338 e. The van der Waals surface area contributed by atoms with Crippen molar-refractivity contribution in [3.05, 3.63) is 101 Å². The van der Waals surface area contributed by atoms with Crippen molar-refractivity contribution in [2.75, 3.05) is 7.11 Å². The summed E-state index contributed by atoms with van der Waals surface area (Å²) in [7, 11) is -2.63. The van der Waals surface area contributed by atoms with Crippen molar-refractivity contribution in [3.63, 3.8) is 0 Å². The maximum absolute atomic E-state index is 13.1. The van der Waals surface area contributed by atoms with Gasteiger partial charge < -0.3 is 4.74 Å². The lowest BCUT2D eigenvalue weighted by atomic mass is 10.00. The van der Waals surface area contributed by atoms with E-state index in [1.807, 2.05) is 60.7 Å². The number of nitrogens with one attached hydrogen (secondary N) is 1. The third-order valence-corrected chi connectivity index (χ3v) is 5.88. The summed E-state index contributed by atoms with van der Waals surface area (Å²) < 4.78 is 33.7. The molecule has 6 heteroatoms. The number of carbonyl (C=O) groups excluding carboxylic acids is 1. The molecule has 1 N–H and O–H groups in total. The molecule has 144 valence electrons. The van der Waals surface area contributed by atoms with Gasteiger partial charge in [-0.1, -0.05) is 66.7 Å². The highest BCUT2D eigenvalue weighted by Gasteiger charge is 2.24. The van der Waals surface area contributed by atoms with E-state index in [-0.39, 0.29) is 10.5 Å². The molecule has 0 bridgehead atoms. The molecular weight excluding hydrogens is 374 g/mol. The second-order valence-electron chi connectivity index (χ2n) is 6.34. The molecule has 0 amide bonds. The van der Waals surface area contributed by atoms with Gasteiger partial charge in [0.2, 0.25) is 10.0 Å². The number of rotatable bonds is 6. The van der Waals surface area contributed by atoms with E-state index in [1.54, 1.807) is 13.0 Å². The summed E-state index contributed by atoms with van der Waals surface area (Å²) >= 11 is 0. The van der Waals surface area contributed by atoms with Crippen molar-refractivity contribution in [1.29, 1.82) is 0 Å². The number of carbonyl (C=O) groups is 1. The molecule has 3 rings (SSSR count). The minimum atomic E-state index is -3.89. The fraction of sp³-hybridized carbons (Fsp3) is 0.136. The van der Waals surface area contributed by atoms with E-state index in [2.05, 4.69) is 4.72 Å². The van der Waals surface area contributed by atoms with Crippen molar-refractivity contribution < 1.29 is 17.9 Å². The van der Waals surface area contributed by atoms with Gasteiger partial charge in [0.15, 0.2) is 0 Å². The molecule has 3 aromatic carbocycles. The molecule has 0 aliphatic carbocycles. The van der Waals surface area contributed by atoms with Gasteiger partial charge in [0, 0.05) is 0 Å². The number of ether oxygens (including phenoxy) is 1. The monoisotopic (exact) mass is 395 g/mol. The summed E-state index contributed by atoms with van der Waals surface area (Å²) in [5.41, 5.74) is 2.50. The largest absolute Gasteiger partial charge is 0.465 e. The lowest BCUT2D eigenvalue weighted by molar-refractivity contribution is 0.0599. The first-order valence-electron chi connectivity index (χ1n) is 8.73. The van der Waals surface area contributed by atoms with Gasteiger partial charge in [0.1, 0.15) is 0 Å². The number of benzene rings is 3. The number of sulfonamides is 1. The number of methoxy groups -OCH3 is 1. The van der Waals surface area contributed by atoms with Gasteiger partial charge in [0.25, 0.3) is 0 Å². The Hall–Kier alpha value is -2.96. The Morgan fingerprint density at radius 3 is 1.93 bits per heavy atom. The SMILES string of the molecule is COC(=O)c1cc(S(=O)(=O)NC(c2ccccc2)c2ccccc2)ccc1C. The molecule has 0 saturated carbocycles. The fourth-order valence-electron chi connectivity index (χ4n) is 2.94. The maximum atomic E-state index is 13.1. The van der Waals surface area contributed by atoms with Gasteiger partial charge in [0.05, 0.1) is 23.6 Å². The number of esters is 1. The van der Waals surface area contributed by atoms with Crippen LogP contribution in [0.25, 0.3) is 0 Å². The standard InChI is InChI=1S/C22H21NO4S/c1-16-13-14-19(15-20(16)22(24)27-2)28(25,26)23-21(17-9-5-3-6-10-17)18-11-7-4-8-12-18/h3-15,21,23H,1-2H3. The van der Waals surface area contributed by atoms with Gasteiger partial charge in [-0.25, -0.2) is 13.2 Å². The highest BCUT2D eigenvalue weighted by Crippen LogP contribution is 2.25. The first-order chi connectivity index (χ1) is 13.4. The van der Waals surface area contributed by atoms with Crippen LogP contribution in [-0.2, 0) is 14.8 Å². The molecule has 0 radical (unpaired) electrons. The molecule has 5 nitrogen and oxygen atoms in total. The summed E-state index contributed by atoms with van der Waals surface area (Å²) in [6.07, 6.45) is 0. The van der Waals surface area contributed by atoms with Crippen LogP contribution in [0.4, 0.5) is 0 Å². The minimum absolute atomic E-state index is 0.00959. The van der Waals surface area contributed by atoms with Crippen LogP contribution in [0.1, 0.15) is 33.1 Å². The molecule has 28 heavy (non-hydrogen) atoms. The lowest BCUT2D eigenvalue weighted by Crippen LogP contribution is -2.29. The fourth-order valence-corrected chi connectivity index (χ4v) is 4.18. The molecule has 3 aromatic rings. The van der Waals surface area contributed by atoms with E-state index in [0.717, 1.165) is 11.1 Å². The predicted molar refractivity (Wildman–Crippen MR) is 108 cm³/mol. The van der Waals surface area contributed by atoms with E-state index in [4.69, 9.17) is 4.74 Å². The summed E-state index contributed by atoms with van der Waals surface area (Å²) in [4.78, 5) is 12.0. The third kappa shape index (κ3) is 4.30. The zero-order valence-corrected chi connectivity index (χ0v) is 16.4. The molecule has 0 aliphatic heterocycles.